The first kappa shape index (κ1) is 20.0. The lowest BCUT2D eigenvalue weighted by atomic mass is 10.2. The second-order valence-corrected chi connectivity index (χ2v) is 6.38. The molecule has 0 radical (unpaired) electrons. The summed E-state index contributed by atoms with van der Waals surface area (Å²) in [6.45, 7) is 0. The molecular formula is C22H16ClN3O3. The van der Waals surface area contributed by atoms with Gasteiger partial charge in [-0.25, -0.2) is 0 Å². The molecule has 0 spiro atoms. The Labute approximate surface area is 172 Å². The number of nitrogens with zero attached hydrogens (tertiary/aromatic N) is 2. The summed E-state index contributed by atoms with van der Waals surface area (Å²) in [7, 11) is 0. The molecule has 1 amide bonds. The van der Waals surface area contributed by atoms with Crippen molar-refractivity contribution in [1.82, 2.24) is 0 Å². The number of non-ortho nitro benzene ring substituents is 1. The average molecular weight is 406 g/mol. The first-order valence-electron chi connectivity index (χ1n) is 8.64. The topological polar surface area (TPSA) is 84.6 Å². The minimum atomic E-state index is -0.438. The van der Waals surface area contributed by atoms with Crippen molar-refractivity contribution >= 4 is 46.9 Å². The first-order chi connectivity index (χ1) is 14.0. The number of nitrogens with one attached hydrogen (secondary N) is 1. The van der Waals surface area contributed by atoms with Crippen LogP contribution >= 0.6 is 11.6 Å². The van der Waals surface area contributed by atoms with Gasteiger partial charge in [0.25, 0.3) is 11.6 Å². The van der Waals surface area contributed by atoms with E-state index in [0.717, 1.165) is 5.56 Å². The van der Waals surface area contributed by atoms with Crippen LogP contribution in [0, 0.1) is 10.1 Å². The Bertz CT molecular complexity index is 1090. The van der Waals surface area contributed by atoms with Gasteiger partial charge in [0, 0.05) is 24.0 Å². The number of rotatable bonds is 6. The summed E-state index contributed by atoms with van der Waals surface area (Å²) in [4.78, 5) is 26.9. The highest BCUT2D eigenvalue weighted by molar-refractivity contribution is 6.34. The molecule has 0 aliphatic heterocycles. The van der Waals surface area contributed by atoms with Crippen LogP contribution in [0.25, 0.3) is 6.08 Å². The number of allylic oxidation sites excluding steroid dienone is 1. The number of carbonyl (C=O) groups excluding carboxylic acids is 1. The number of nitro groups is 1. The van der Waals surface area contributed by atoms with Crippen LogP contribution in [-0.4, -0.2) is 17.0 Å². The summed E-state index contributed by atoms with van der Waals surface area (Å²) >= 11 is 6.05. The molecular weight excluding hydrogens is 390 g/mol. The lowest BCUT2D eigenvalue weighted by molar-refractivity contribution is -0.384. The molecule has 6 nitrogen and oxygen atoms in total. The van der Waals surface area contributed by atoms with Crippen molar-refractivity contribution in [2.24, 2.45) is 4.99 Å². The van der Waals surface area contributed by atoms with E-state index in [0.29, 0.717) is 22.0 Å². The number of hydrogen-bond donors (Lipinski definition) is 1. The number of halogens is 1. The van der Waals surface area contributed by atoms with Gasteiger partial charge in [-0.15, -0.1) is 0 Å². The van der Waals surface area contributed by atoms with E-state index in [4.69, 9.17) is 11.6 Å². The predicted molar refractivity (Wildman–Crippen MR) is 116 cm³/mol. The van der Waals surface area contributed by atoms with E-state index < -0.39 is 4.92 Å². The highest BCUT2D eigenvalue weighted by Crippen LogP contribution is 2.21. The predicted octanol–water partition coefficient (Wildman–Crippen LogP) is 5.92. The Kier molecular flexibility index (Phi) is 6.50. The zero-order valence-electron chi connectivity index (χ0n) is 15.2. The maximum absolute atomic E-state index is 12.3. The van der Waals surface area contributed by atoms with Crippen molar-refractivity contribution in [2.75, 3.05) is 5.32 Å². The zero-order valence-corrected chi connectivity index (χ0v) is 15.9. The lowest BCUT2D eigenvalue weighted by Gasteiger charge is -2.07. The molecule has 29 heavy (non-hydrogen) atoms. The molecule has 0 aliphatic rings. The maximum Gasteiger partial charge on any atom is 0.269 e. The van der Waals surface area contributed by atoms with Crippen LogP contribution in [0.2, 0.25) is 5.02 Å². The number of carbonyl (C=O) groups is 1. The largest absolute Gasteiger partial charge is 0.322 e. The number of amides is 1. The van der Waals surface area contributed by atoms with E-state index >= 15 is 0 Å². The van der Waals surface area contributed by atoms with Gasteiger partial charge < -0.3 is 5.32 Å². The third-order valence-corrected chi connectivity index (χ3v) is 4.25. The minimum absolute atomic E-state index is 0.0477. The molecule has 0 saturated carbocycles. The molecule has 3 aromatic rings. The van der Waals surface area contributed by atoms with Gasteiger partial charge in [-0.05, 0) is 54.1 Å². The van der Waals surface area contributed by atoms with Crippen LogP contribution in [0.5, 0.6) is 0 Å². The Morgan fingerprint density at radius 2 is 1.79 bits per heavy atom. The van der Waals surface area contributed by atoms with Gasteiger partial charge in [0.2, 0.25) is 0 Å². The highest BCUT2D eigenvalue weighted by atomic mass is 35.5. The number of benzene rings is 3. The standard InChI is InChI=1S/C22H16ClN3O3/c23-21-9-2-1-8-20(21)22(27)25-18-7-3-6-17(15-18)24-14-4-5-16-10-12-19(13-11-16)26(28)29/h1-15H,(H,25,27)/b5-4+,24-14?. The van der Waals surface area contributed by atoms with Gasteiger partial charge in [0.05, 0.1) is 21.2 Å². The summed E-state index contributed by atoms with van der Waals surface area (Å²) in [5.74, 6) is -0.296. The molecule has 0 atom stereocenters. The third kappa shape index (κ3) is 5.60. The summed E-state index contributed by atoms with van der Waals surface area (Å²) in [5, 5.41) is 13.8. The van der Waals surface area contributed by atoms with Gasteiger partial charge in [-0.2, -0.15) is 0 Å². The van der Waals surface area contributed by atoms with Crippen molar-refractivity contribution in [3.63, 3.8) is 0 Å². The summed E-state index contributed by atoms with van der Waals surface area (Å²) in [6.07, 6.45) is 5.13. The smallest absolute Gasteiger partial charge is 0.269 e. The lowest BCUT2D eigenvalue weighted by Crippen LogP contribution is -2.12. The fourth-order valence-electron chi connectivity index (χ4n) is 2.50. The average Bonchev–Trinajstić information content (AvgIpc) is 2.72. The Morgan fingerprint density at radius 1 is 1.03 bits per heavy atom. The van der Waals surface area contributed by atoms with E-state index in [9.17, 15) is 14.9 Å². The van der Waals surface area contributed by atoms with Crippen LogP contribution in [0.15, 0.2) is 83.9 Å². The molecule has 0 heterocycles. The molecule has 0 aromatic heterocycles. The minimum Gasteiger partial charge on any atom is -0.322 e. The number of aliphatic imine (C=N–C) groups is 1. The molecule has 1 N–H and O–H groups in total. The molecule has 7 heteroatoms. The molecule has 0 unspecified atom stereocenters. The Balaban J connectivity index is 1.64. The summed E-state index contributed by atoms with van der Waals surface area (Å²) < 4.78 is 0. The quantitative estimate of drug-likeness (QED) is 0.314. The number of nitro benzene ring substituents is 1. The van der Waals surface area contributed by atoms with Crippen LogP contribution in [0.3, 0.4) is 0 Å². The van der Waals surface area contributed by atoms with Crippen molar-refractivity contribution in [3.05, 3.63) is 105 Å². The normalized spacial score (nSPS) is 11.1. The number of anilines is 1. The molecule has 3 aromatic carbocycles. The molecule has 3 rings (SSSR count). The molecule has 0 bridgehead atoms. The SMILES string of the molecule is O=C(Nc1cccc(N=C/C=C/c2ccc([N+](=O)[O-])cc2)c1)c1ccccc1Cl. The fourth-order valence-corrected chi connectivity index (χ4v) is 2.72. The molecule has 0 saturated heterocycles. The van der Waals surface area contributed by atoms with Gasteiger partial charge in [0.1, 0.15) is 0 Å². The second-order valence-electron chi connectivity index (χ2n) is 5.97. The Morgan fingerprint density at radius 3 is 2.52 bits per heavy atom. The van der Waals surface area contributed by atoms with Crippen molar-refractivity contribution in [1.29, 1.82) is 0 Å². The van der Waals surface area contributed by atoms with E-state index in [-0.39, 0.29) is 11.6 Å². The van der Waals surface area contributed by atoms with Gasteiger partial charge >= 0.3 is 0 Å². The van der Waals surface area contributed by atoms with E-state index in [1.807, 2.05) is 0 Å². The maximum atomic E-state index is 12.3. The highest BCUT2D eigenvalue weighted by Gasteiger charge is 2.09. The summed E-state index contributed by atoms with van der Waals surface area (Å²) in [6, 6.07) is 20.1. The van der Waals surface area contributed by atoms with Crippen LogP contribution in [0.1, 0.15) is 15.9 Å². The van der Waals surface area contributed by atoms with E-state index in [1.165, 1.54) is 12.1 Å². The first-order valence-corrected chi connectivity index (χ1v) is 9.02. The third-order valence-electron chi connectivity index (χ3n) is 3.92. The van der Waals surface area contributed by atoms with E-state index in [1.54, 1.807) is 79.0 Å². The monoisotopic (exact) mass is 405 g/mol. The fraction of sp³-hybridized carbons (Fsp3) is 0. The van der Waals surface area contributed by atoms with Gasteiger partial charge in [-0.1, -0.05) is 35.9 Å². The van der Waals surface area contributed by atoms with Crippen LogP contribution in [0.4, 0.5) is 17.1 Å². The van der Waals surface area contributed by atoms with Gasteiger partial charge in [-0.3, -0.25) is 19.9 Å². The number of hydrogen-bond acceptors (Lipinski definition) is 4. The molecule has 0 fully saturated rings. The van der Waals surface area contributed by atoms with Crippen molar-refractivity contribution < 1.29 is 9.72 Å². The van der Waals surface area contributed by atoms with Crippen LogP contribution < -0.4 is 5.32 Å². The van der Waals surface area contributed by atoms with Gasteiger partial charge in [0.15, 0.2) is 0 Å². The summed E-state index contributed by atoms with van der Waals surface area (Å²) in [5.41, 5.74) is 2.53. The van der Waals surface area contributed by atoms with Crippen LogP contribution in [-0.2, 0) is 0 Å². The van der Waals surface area contributed by atoms with Crippen molar-refractivity contribution in [3.8, 4) is 0 Å². The second kappa shape index (κ2) is 9.43. The van der Waals surface area contributed by atoms with E-state index in [2.05, 4.69) is 10.3 Å². The Hall–Kier alpha value is -3.77. The van der Waals surface area contributed by atoms with Crippen molar-refractivity contribution in [2.45, 2.75) is 0 Å². The molecule has 0 aliphatic carbocycles. The zero-order chi connectivity index (χ0) is 20.6. The molecule has 144 valence electrons.